The first-order chi connectivity index (χ1) is 13.5. The molecule has 148 valence electrons. The van der Waals surface area contributed by atoms with Crippen molar-refractivity contribution in [1.29, 1.82) is 0 Å². The Morgan fingerprint density at radius 3 is 2.86 bits per heavy atom. The molecule has 0 aliphatic carbocycles. The Hall–Kier alpha value is -2.81. The number of rotatable bonds is 8. The second-order valence-electron chi connectivity index (χ2n) is 6.20. The number of ether oxygens (including phenoxy) is 1. The summed E-state index contributed by atoms with van der Waals surface area (Å²) in [5.74, 6) is 0.877. The third-order valence-corrected chi connectivity index (χ3v) is 5.13. The molecule has 3 aromatic rings. The molecule has 0 spiro atoms. The number of nitrogens with one attached hydrogen (secondary N) is 1. The molecule has 0 saturated heterocycles. The molecule has 2 aromatic heterocycles. The largest absolute Gasteiger partial charge is 0.466 e. The number of fused-ring (bicyclic) bond motifs is 1. The van der Waals surface area contributed by atoms with Gasteiger partial charge in [-0.15, -0.1) is 10.2 Å². The van der Waals surface area contributed by atoms with Crippen LogP contribution in [0.1, 0.15) is 31.5 Å². The molecule has 3 rings (SSSR count). The van der Waals surface area contributed by atoms with Gasteiger partial charge in [-0.1, -0.05) is 30.0 Å². The van der Waals surface area contributed by atoms with Crippen molar-refractivity contribution in [2.24, 2.45) is 7.05 Å². The van der Waals surface area contributed by atoms with Crippen molar-refractivity contribution in [2.75, 3.05) is 12.4 Å². The lowest BCUT2D eigenvalue weighted by Gasteiger charge is -2.11. The van der Waals surface area contributed by atoms with E-state index in [1.165, 1.54) is 11.8 Å². The van der Waals surface area contributed by atoms with Crippen LogP contribution >= 0.6 is 11.8 Å². The molecule has 0 saturated carbocycles. The number of benzene rings is 1. The second-order valence-corrected chi connectivity index (χ2v) is 7.15. The van der Waals surface area contributed by atoms with Crippen LogP contribution in [0.5, 0.6) is 0 Å². The number of carbonyl (C=O) groups is 2. The maximum atomic E-state index is 12.3. The molecule has 2 heterocycles. The molecule has 0 aliphatic rings. The first-order valence-electron chi connectivity index (χ1n) is 8.92. The fourth-order valence-corrected chi connectivity index (χ4v) is 3.41. The Labute approximate surface area is 166 Å². The molecule has 1 N–H and O–H groups in total. The number of amides is 1. The van der Waals surface area contributed by atoms with Gasteiger partial charge in [0.1, 0.15) is 23.6 Å². The van der Waals surface area contributed by atoms with Crippen molar-refractivity contribution >= 4 is 34.6 Å². The highest BCUT2D eigenvalue weighted by Crippen LogP contribution is 2.24. The maximum Gasteiger partial charge on any atom is 0.313 e. The Morgan fingerprint density at radius 2 is 2.11 bits per heavy atom. The number of thioether (sulfide) groups is 1. The SMILES string of the molecule is CCOC(=O)Cc1nnc(SCC(=O)N[C@H](C)c2cc3ccccc3o2)n1C. The number of para-hydroxylation sites is 1. The molecule has 0 aliphatic heterocycles. The molecular formula is C19H22N4O4S. The Kier molecular flexibility index (Phi) is 6.35. The van der Waals surface area contributed by atoms with Gasteiger partial charge in [0.2, 0.25) is 5.91 Å². The first kappa shape index (κ1) is 19.9. The molecule has 0 bridgehead atoms. The second kappa shape index (κ2) is 8.92. The van der Waals surface area contributed by atoms with E-state index in [1.54, 1.807) is 18.5 Å². The summed E-state index contributed by atoms with van der Waals surface area (Å²) in [6.07, 6.45) is 0.0488. The number of hydrogen-bond acceptors (Lipinski definition) is 7. The lowest BCUT2D eigenvalue weighted by Crippen LogP contribution is -2.28. The van der Waals surface area contributed by atoms with Gasteiger partial charge in [0, 0.05) is 12.4 Å². The van der Waals surface area contributed by atoms with E-state index in [2.05, 4.69) is 15.5 Å². The van der Waals surface area contributed by atoms with Gasteiger partial charge in [0.15, 0.2) is 5.16 Å². The molecule has 9 heteroatoms. The van der Waals surface area contributed by atoms with E-state index in [0.29, 0.717) is 23.3 Å². The highest BCUT2D eigenvalue weighted by Gasteiger charge is 2.17. The van der Waals surface area contributed by atoms with Crippen LogP contribution in [0, 0.1) is 0 Å². The first-order valence-corrected chi connectivity index (χ1v) is 9.91. The van der Waals surface area contributed by atoms with Gasteiger partial charge < -0.3 is 19.0 Å². The van der Waals surface area contributed by atoms with Crippen LogP contribution in [0.2, 0.25) is 0 Å². The standard InChI is InChI=1S/C19H22N4O4S/c1-4-26-18(25)10-16-21-22-19(23(16)3)28-11-17(24)20-12(2)15-9-13-7-5-6-8-14(13)27-15/h5-9,12H,4,10-11H2,1-3H3,(H,20,24)/t12-/m1/s1. The molecule has 1 aromatic carbocycles. The highest BCUT2D eigenvalue weighted by atomic mass is 32.2. The quantitative estimate of drug-likeness (QED) is 0.457. The van der Waals surface area contributed by atoms with Gasteiger partial charge in [-0.25, -0.2) is 0 Å². The Bertz CT molecular complexity index is 948. The van der Waals surface area contributed by atoms with E-state index in [0.717, 1.165) is 11.0 Å². The van der Waals surface area contributed by atoms with E-state index < -0.39 is 0 Å². The lowest BCUT2D eigenvalue weighted by molar-refractivity contribution is -0.142. The van der Waals surface area contributed by atoms with Crippen LogP contribution in [0.3, 0.4) is 0 Å². The van der Waals surface area contributed by atoms with E-state index in [-0.39, 0.29) is 30.1 Å². The van der Waals surface area contributed by atoms with Crippen molar-refractivity contribution in [3.63, 3.8) is 0 Å². The Morgan fingerprint density at radius 1 is 1.32 bits per heavy atom. The summed E-state index contributed by atoms with van der Waals surface area (Å²) in [4.78, 5) is 23.9. The van der Waals surface area contributed by atoms with Crippen molar-refractivity contribution in [3.05, 3.63) is 41.9 Å². The minimum atomic E-state index is -0.355. The average molecular weight is 402 g/mol. The number of aromatic nitrogens is 3. The van der Waals surface area contributed by atoms with Gasteiger partial charge >= 0.3 is 5.97 Å². The predicted octanol–water partition coefficient (Wildman–Crippen LogP) is 2.64. The summed E-state index contributed by atoms with van der Waals surface area (Å²) in [5, 5.41) is 12.5. The number of nitrogens with zero attached hydrogens (tertiary/aromatic N) is 3. The fourth-order valence-electron chi connectivity index (χ4n) is 2.67. The van der Waals surface area contributed by atoms with E-state index in [9.17, 15) is 9.59 Å². The summed E-state index contributed by atoms with van der Waals surface area (Å²) in [5.41, 5.74) is 0.793. The van der Waals surface area contributed by atoms with Gasteiger partial charge in [-0.3, -0.25) is 9.59 Å². The summed E-state index contributed by atoms with van der Waals surface area (Å²) in [6, 6.07) is 9.39. The molecule has 28 heavy (non-hydrogen) atoms. The molecule has 1 amide bonds. The summed E-state index contributed by atoms with van der Waals surface area (Å²) >= 11 is 1.25. The summed E-state index contributed by atoms with van der Waals surface area (Å²) in [7, 11) is 1.76. The zero-order valence-corrected chi connectivity index (χ0v) is 16.8. The van der Waals surface area contributed by atoms with Gasteiger partial charge in [-0.05, 0) is 26.0 Å². The minimum Gasteiger partial charge on any atom is -0.466 e. The normalized spacial score (nSPS) is 12.1. The number of carbonyl (C=O) groups excluding carboxylic acids is 2. The zero-order valence-electron chi connectivity index (χ0n) is 16.0. The zero-order chi connectivity index (χ0) is 20.1. The topological polar surface area (TPSA) is 99.2 Å². The molecule has 0 radical (unpaired) electrons. The van der Waals surface area contributed by atoms with Gasteiger partial charge in [-0.2, -0.15) is 0 Å². The van der Waals surface area contributed by atoms with Crippen molar-refractivity contribution in [3.8, 4) is 0 Å². The third-order valence-electron chi connectivity index (χ3n) is 4.11. The van der Waals surface area contributed by atoms with Crippen LogP contribution in [0.4, 0.5) is 0 Å². The monoisotopic (exact) mass is 402 g/mol. The van der Waals surface area contributed by atoms with E-state index in [4.69, 9.17) is 9.15 Å². The summed E-state index contributed by atoms with van der Waals surface area (Å²) in [6.45, 7) is 3.95. The van der Waals surface area contributed by atoms with Crippen molar-refractivity contribution in [2.45, 2.75) is 31.5 Å². The maximum absolute atomic E-state index is 12.3. The minimum absolute atomic E-state index is 0.0488. The smallest absolute Gasteiger partial charge is 0.313 e. The number of hydrogen-bond donors (Lipinski definition) is 1. The molecule has 0 unspecified atom stereocenters. The van der Waals surface area contributed by atoms with Crippen LogP contribution in [-0.4, -0.2) is 39.0 Å². The number of esters is 1. The third kappa shape index (κ3) is 4.72. The average Bonchev–Trinajstić information content (AvgIpc) is 3.24. The van der Waals surface area contributed by atoms with Crippen LogP contribution in [-0.2, 0) is 27.8 Å². The van der Waals surface area contributed by atoms with Crippen molar-refractivity contribution in [1.82, 2.24) is 20.1 Å². The molecule has 8 nitrogen and oxygen atoms in total. The molecule has 0 fully saturated rings. The highest BCUT2D eigenvalue weighted by molar-refractivity contribution is 7.99. The fraction of sp³-hybridized carbons (Fsp3) is 0.368. The van der Waals surface area contributed by atoms with E-state index >= 15 is 0 Å². The summed E-state index contributed by atoms with van der Waals surface area (Å²) < 4.78 is 12.4. The van der Waals surface area contributed by atoms with Crippen LogP contribution in [0.15, 0.2) is 39.9 Å². The van der Waals surface area contributed by atoms with E-state index in [1.807, 2.05) is 37.3 Å². The van der Waals surface area contributed by atoms with Crippen molar-refractivity contribution < 1.29 is 18.7 Å². The molecular weight excluding hydrogens is 380 g/mol. The van der Waals surface area contributed by atoms with Crippen LogP contribution in [0.25, 0.3) is 11.0 Å². The molecule has 1 atom stereocenters. The van der Waals surface area contributed by atoms with Gasteiger partial charge in [0.05, 0.1) is 18.4 Å². The van der Waals surface area contributed by atoms with Crippen LogP contribution < -0.4 is 5.32 Å². The van der Waals surface area contributed by atoms with Gasteiger partial charge in [0.25, 0.3) is 0 Å². The predicted molar refractivity (Wildman–Crippen MR) is 105 cm³/mol. The lowest BCUT2D eigenvalue weighted by atomic mass is 10.2. The number of furan rings is 1. The Balaban J connectivity index is 1.54.